The van der Waals surface area contributed by atoms with Gasteiger partial charge in [-0.25, -0.2) is 0 Å². The zero-order valence-electron chi connectivity index (χ0n) is 8.88. The quantitative estimate of drug-likeness (QED) is 0.484. The Labute approximate surface area is 84.3 Å². The van der Waals surface area contributed by atoms with E-state index >= 15 is 0 Å². The van der Waals surface area contributed by atoms with E-state index in [2.05, 4.69) is 0 Å². The zero-order valence-corrected chi connectivity index (χ0v) is 8.88. The summed E-state index contributed by atoms with van der Waals surface area (Å²) in [6, 6.07) is 0. The molecule has 2 unspecified atom stereocenters. The lowest BCUT2D eigenvalue weighted by molar-refractivity contribution is -0.210. The van der Waals surface area contributed by atoms with Crippen LogP contribution in [0.1, 0.15) is 13.8 Å². The molecule has 0 aromatic rings. The van der Waals surface area contributed by atoms with E-state index in [1.54, 1.807) is 0 Å². The first-order valence-corrected chi connectivity index (χ1v) is 4.64. The number of methoxy groups -OCH3 is 1. The fourth-order valence-electron chi connectivity index (χ4n) is 1.03. The molecule has 0 radical (unpaired) electrons. The molecule has 5 heteroatoms. The Balaban J connectivity index is 4.13. The normalized spacial score (nSPS) is 18.2. The van der Waals surface area contributed by atoms with E-state index in [1.165, 1.54) is 7.11 Å². The summed E-state index contributed by atoms with van der Waals surface area (Å²) in [5, 5.41) is 26.8. The van der Waals surface area contributed by atoms with Gasteiger partial charge in [0.1, 0.15) is 12.2 Å². The number of ether oxygens (including phenoxy) is 2. The molecule has 3 N–H and O–H groups in total. The number of aliphatic hydroxyl groups excluding tert-OH is 3. The Bertz CT molecular complexity index is 139. The molecule has 5 nitrogen and oxygen atoms in total. The molecule has 0 spiro atoms. The van der Waals surface area contributed by atoms with E-state index in [9.17, 15) is 5.11 Å². The van der Waals surface area contributed by atoms with E-state index in [0.717, 1.165) is 0 Å². The van der Waals surface area contributed by atoms with Crippen molar-refractivity contribution < 1.29 is 24.8 Å². The predicted octanol–water partition coefficient (Wildman–Crippen LogP) is -0.654. The molecule has 0 aliphatic heterocycles. The van der Waals surface area contributed by atoms with Crippen LogP contribution in [0.5, 0.6) is 0 Å². The highest BCUT2D eigenvalue weighted by molar-refractivity contribution is 4.68. The smallest absolute Gasteiger partial charge is 0.160 e. The van der Waals surface area contributed by atoms with E-state index in [-0.39, 0.29) is 12.5 Å². The van der Waals surface area contributed by atoms with Gasteiger partial charge in [0.2, 0.25) is 0 Å². The third-order valence-electron chi connectivity index (χ3n) is 1.88. The largest absolute Gasteiger partial charge is 0.394 e. The lowest BCUT2D eigenvalue weighted by Gasteiger charge is -2.27. The van der Waals surface area contributed by atoms with Gasteiger partial charge in [0.15, 0.2) is 6.29 Å². The van der Waals surface area contributed by atoms with Crippen LogP contribution in [0.25, 0.3) is 0 Å². The van der Waals surface area contributed by atoms with E-state index < -0.39 is 25.1 Å². The number of hydrogen-bond donors (Lipinski definition) is 3. The summed E-state index contributed by atoms with van der Waals surface area (Å²) < 4.78 is 10.3. The van der Waals surface area contributed by atoms with Crippen LogP contribution in [0.2, 0.25) is 0 Å². The van der Waals surface area contributed by atoms with Crippen molar-refractivity contribution in [1.29, 1.82) is 0 Å². The zero-order chi connectivity index (χ0) is 11.1. The van der Waals surface area contributed by atoms with Crippen molar-refractivity contribution in [2.75, 3.05) is 20.3 Å². The highest BCUT2D eigenvalue weighted by atomic mass is 16.7. The summed E-state index contributed by atoms with van der Waals surface area (Å²) in [7, 11) is 1.49. The van der Waals surface area contributed by atoms with Crippen LogP contribution >= 0.6 is 0 Å². The van der Waals surface area contributed by atoms with Crippen LogP contribution in [-0.2, 0) is 9.47 Å². The first-order chi connectivity index (χ1) is 6.56. The monoisotopic (exact) mass is 208 g/mol. The van der Waals surface area contributed by atoms with Crippen molar-refractivity contribution in [3.05, 3.63) is 0 Å². The molecule has 14 heavy (non-hydrogen) atoms. The van der Waals surface area contributed by atoms with Crippen LogP contribution in [0.3, 0.4) is 0 Å². The average molecular weight is 208 g/mol. The van der Waals surface area contributed by atoms with Gasteiger partial charge in [0.25, 0.3) is 0 Å². The summed E-state index contributed by atoms with van der Waals surface area (Å²) in [5.74, 6) is 0.111. The summed E-state index contributed by atoms with van der Waals surface area (Å²) in [6.45, 7) is 3.00. The van der Waals surface area contributed by atoms with Gasteiger partial charge in [-0.2, -0.15) is 0 Å². The van der Waals surface area contributed by atoms with Crippen LogP contribution in [0, 0.1) is 5.92 Å². The van der Waals surface area contributed by atoms with E-state index in [1.807, 2.05) is 13.8 Å². The number of rotatable bonds is 7. The SMILES string of the molecule is COC(OC(CO)[C@@H](O)CO)C(C)C. The van der Waals surface area contributed by atoms with E-state index in [4.69, 9.17) is 19.7 Å². The summed E-state index contributed by atoms with van der Waals surface area (Å²) in [4.78, 5) is 0. The molecule has 0 aliphatic rings. The minimum Gasteiger partial charge on any atom is -0.394 e. The second kappa shape index (κ2) is 7.14. The molecule has 0 amide bonds. The van der Waals surface area contributed by atoms with Gasteiger partial charge < -0.3 is 24.8 Å². The van der Waals surface area contributed by atoms with Gasteiger partial charge in [0, 0.05) is 13.0 Å². The third kappa shape index (κ3) is 4.34. The number of hydrogen-bond acceptors (Lipinski definition) is 5. The maximum absolute atomic E-state index is 9.25. The van der Waals surface area contributed by atoms with Gasteiger partial charge in [0.05, 0.1) is 13.2 Å². The fraction of sp³-hybridized carbons (Fsp3) is 1.00. The molecule has 3 atom stereocenters. The predicted molar refractivity (Wildman–Crippen MR) is 50.7 cm³/mol. The summed E-state index contributed by atoms with van der Waals surface area (Å²) in [5.41, 5.74) is 0. The molecule has 0 aromatic heterocycles. The summed E-state index contributed by atoms with van der Waals surface area (Å²) >= 11 is 0. The second-order valence-corrected chi connectivity index (χ2v) is 3.46. The standard InChI is InChI=1S/C9H20O5/c1-6(2)9(13-3)14-8(5-11)7(12)4-10/h6-12H,4-5H2,1-3H3/t7-,8?,9?/m0/s1. The molecule has 0 saturated heterocycles. The van der Waals surface area contributed by atoms with Crippen molar-refractivity contribution in [2.45, 2.75) is 32.3 Å². The molecule has 0 rings (SSSR count). The highest BCUT2D eigenvalue weighted by Crippen LogP contribution is 2.11. The van der Waals surface area contributed by atoms with Crippen molar-refractivity contribution >= 4 is 0 Å². The first-order valence-electron chi connectivity index (χ1n) is 4.64. The van der Waals surface area contributed by atoms with Crippen molar-refractivity contribution in [1.82, 2.24) is 0 Å². The topological polar surface area (TPSA) is 79.2 Å². The molecular formula is C9H20O5. The first kappa shape index (κ1) is 13.8. The van der Waals surface area contributed by atoms with Gasteiger partial charge in [-0.3, -0.25) is 0 Å². The van der Waals surface area contributed by atoms with Gasteiger partial charge in [-0.15, -0.1) is 0 Å². The molecule has 0 saturated carbocycles. The van der Waals surface area contributed by atoms with Crippen LogP contribution in [0.4, 0.5) is 0 Å². The van der Waals surface area contributed by atoms with Crippen LogP contribution in [-0.4, -0.2) is 54.1 Å². The Morgan fingerprint density at radius 3 is 2.00 bits per heavy atom. The summed E-state index contributed by atoms with van der Waals surface area (Å²) in [6.07, 6.45) is -2.39. The maximum Gasteiger partial charge on any atom is 0.160 e. The minimum absolute atomic E-state index is 0.111. The maximum atomic E-state index is 9.25. The minimum atomic E-state index is -1.09. The molecule has 0 aromatic carbocycles. The highest BCUT2D eigenvalue weighted by Gasteiger charge is 2.24. The fourth-order valence-corrected chi connectivity index (χ4v) is 1.03. The second-order valence-electron chi connectivity index (χ2n) is 3.46. The third-order valence-corrected chi connectivity index (χ3v) is 1.88. The number of aliphatic hydroxyl groups is 3. The van der Waals surface area contributed by atoms with Crippen molar-refractivity contribution in [3.8, 4) is 0 Å². The molecule has 0 aliphatic carbocycles. The molecule has 0 heterocycles. The van der Waals surface area contributed by atoms with Crippen molar-refractivity contribution in [3.63, 3.8) is 0 Å². The lowest BCUT2D eigenvalue weighted by Crippen LogP contribution is -2.40. The molecular weight excluding hydrogens is 188 g/mol. The lowest BCUT2D eigenvalue weighted by atomic mass is 10.2. The van der Waals surface area contributed by atoms with Crippen molar-refractivity contribution in [2.24, 2.45) is 5.92 Å². The van der Waals surface area contributed by atoms with Gasteiger partial charge in [-0.05, 0) is 0 Å². The Kier molecular flexibility index (Phi) is 7.04. The van der Waals surface area contributed by atoms with Crippen LogP contribution in [0.15, 0.2) is 0 Å². The van der Waals surface area contributed by atoms with E-state index in [0.29, 0.717) is 0 Å². The Morgan fingerprint density at radius 1 is 1.14 bits per heavy atom. The average Bonchev–Trinajstić information content (AvgIpc) is 2.18. The van der Waals surface area contributed by atoms with Crippen LogP contribution < -0.4 is 0 Å². The molecule has 0 bridgehead atoms. The van der Waals surface area contributed by atoms with Gasteiger partial charge in [-0.1, -0.05) is 13.8 Å². The molecule has 0 fully saturated rings. The Morgan fingerprint density at radius 2 is 1.71 bits per heavy atom. The Hall–Kier alpha value is -0.200. The van der Waals surface area contributed by atoms with Gasteiger partial charge >= 0.3 is 0 Å². The molecule has 86 valence electrons.